The van der Waals surface area contributed by atoms with E-state index in [0.29, 0.717) is 11.9 Å². The Hall–Kier alpha value is -0.760. The molecule has 0 spiro atoms. The third-order valence-corrected chi connectivity index (χ3v) is 3.60. The van der Waals surface area contributed by atoms with Gasteiger partial charge in [0.25, 0.3) is 0 Å². The maximum atomic E-state index is 6.06. The predicted octanol–water partition coefficient (Wildman–Crippen LogP) is 3.38. The van der Waals surface area contributed by atoms with Crippen LogP contribution in [0.4, 0.5) is 5.82 Å². The molecule has 2 nitrogen and oxygen atoms in total. The zero-order chi connectivity index (χ0) is 11.4. The van der Waals surface area contributed by atoms with Gasteiger partial charge in [-0.2, -0.15) is 0 Å². The van der Waals surface area contributed by atoms with Crippen LogP contribution in [-0.4, -0.2) is 23.5 Å². The molecule has 2 heterocycles. The van der Waals surface area contributed by atoms with Crippen molar-refractivity contribution in [1.29, 1.82) is 0 Å². The summed E-state index contributed by atoms with van der Waals surface area (Å²) in [5, 5.41) is 0. The van der Waals surface area contributed by atoms with Gasteiger partial charge in [-0.05, 0) is 31.4 Å². The van der Waals surface area contributed by atoms with Crippen LogP contribution >= 0.6 is 11.6 Å². The van der Waals surface area contributed by atoms with Crippen LogP contribution < -0.4 is 4.90 Å². The zero-order valence-electron chi connectivity index (χ0n) is 9.82. The number of hydrogen-bond acceptors (Lipinski definition) is 2. The molecular formula is C13H19ClN2. The van der Waals surface area contributed by atoms with Gasteiger partial charge in [0.15, 0.2) is 0 Å². The van der Waals surface area contributed by atoms with Crippen molar-refractivity contribution < 1.29 is 0 Å². The van der Waals surface area contributed by atoms with Crippen LogP contribution in [0, 0.1) is 6.92 Å². The smallest absolute Gasteiger partial charge is 0.128 e. The number of aryl methyl sites for hydroxylation is 1. The van der Waals surface area contributed by atoms with Gasteiger partial charge in [-0.25, -0.2) is 4.98 Å². The summed E-state index contributed by atoms with van der Waals surface area (Å²) in [7, 11) is 0. The molecule has 0 radical (unpaired) electrons. The summed E-state index contributed by atoms with van der Waals surface area (Å²) in [6.45, 7) is 3.16. The topological polar surface area (TPSA) is 16.1 Å². The first-order valence-corrected chi connectivity index (χ1v) is 6.60. The SMILES string of the molecule is Cc1ccc(N2CCCCCC2CCl)nc1. The second-order valence-electron chi connectivity index (χ2n) is 4.54. The van der Waals surface area contributed by atoms with Crippen LogP contribution in [0.15, 0.2) is 18.3 Å². The molecular weight excluding hydrogens is 220 g/mol. The average molecular weight is 239 g/mol. The molecule has 0 aliphatic carbocycles. The highest BCUT2D eigenvalue weighted by Crippen LogP contribution is 2.23. The first kappa shape index (κ1) is 11.7. The second kappa shape index (κ2) is 5.53. The van der Waals surface area contributed by atoms with Crippen LogP contribution in [0.3, 0.4) is 0 Å². The van der Waals surface area contributed by atoms with Crippen LogP contribution in [0.2, 0.25) is 0 Å². The van der Waals surface area contributed by atoms with Gasteiger partial charge >= 0.3 is 0 Å². The van der Waals surface area contributed by atoms with Gasteiger partial charge in [0.1, 0.15) is 5.82 Å². The minimum Gasteiger partial charge on any atom is -0.352 e. The van der Waals surface area contributed by atoms with E-state index in [1.165, 1.54) is 31.2 Å². The number of aromatic nitrogens is 1. The average Bonchev–Trinajstić information content (AvgIpc) is 2.55. The fourth-order valence-electron chi connectivity index (χ4n) is 2.27. The Morgan fingerprint density at radius 3 is 2.94 bits per heavy atom. The van der Waals surface area contributed by atoms with Gasteiger partial charge in [0, 0.05) is 24.7 Å². The summed E-state index contributed by atoms with van der Waals surface area (Å²) >= 11 is 6.06. The molecule has 0 bridgehead atoms. The molecule has 1 aromatic rings. The number of pyridine rings is 1. The first-order valence-electron chi connectivity index (χ1n) is 6.06. The number of nitrogens with zero attached hydrogens (tertiary/aromatic N) is 2. The van der Waals surface area contributed by atoms with E-state index in [1.54, 1.807) is 0 Å². The fraction of sp³-hybridized carbons (Fsp3) is 0.615. The van der Waals surface area contributed by atoms with Gasteiger partial charge in [-0.3, -0.25) is 0 Å². The molecule has 1 aliphatic heterocycles. The van der Waals surface area contributed by atoms with Crippen molar-refractivity contribution in [3.05, 3.63) is 23.9 Å². The largest absolute Gasteiger partial charge is 0.352 e. The van der Waals surface area contributed by atoms with E-state index in [0.717, 1.165) is 12.4 Å². The van der Waals surface area contributed by atoms with E-state index in [-0.39, 0.29) is 0 Å². The Labute approximate surface area is 103 Å². The van der Waals surface area contributed by atoms with Crippen LogP contribution in [0.5, 0.6) is 0 Å². The molecule has 1 aliphatic rings. The van der Waals surface area contributed by atoms with Crippen molar-refractivity contribution in [3.63, 3.8) is 0 Å². The van der Waals surface area contributed by atoms with E-state index in [1.807, 2.05) is 6.20 Å². The highest BCUT2D eigenvalue weighted by atomic mass is 35.5. The molecule has 16 heavy (non-hydrogen) atoms. The van der Waals surface area contributed by atoms with Gasteiger partial charge < -0.3 is 4.90 Å². The zero-order valence-corrected chi connectivity index (χ0v) is 10.6. The van der Waals surface area contributed by atoms with E-state index < -0.39 is 0 Å². The maximum absolute atomic E-state index is 6.06. The van der Waals surface area contributed by atoms with Crippen LogP contribution in [0.1, 0.15) is 31.2 Å². The molecule has 1 aromatic heterocycles. The minimum atomic E-state index is 0.458. The monoisotopic (exact) mass is 238 g/mol. The molecule has 0 aromatic carbocycles. The Balaban J connectivity index is 2.18. The number of alkyl halides is 1. The van der Waals surface area contributed by atoms with Crippen LogP contribution in [-0.2, 0) is 0 Å². The molecule has 1 fully saturated rings. The molecule has 1 atom stereocenters. The lowest BCUT2D eigenvalue weighted by molar-refractivity contribution is 0.616. The van der Waals surface area contributed by atoms with Gasteiger partial charge in [-0.15, -0.1) is 11.6 Å². The predicted molar refractivity (Wildman–Crippen MR) is 69.3 cm³/mol. The third-order valence-electron chi connectivity index (χ3n) is 3.25. The Morgan fingerprint density at radius 2 is 2.25 bits per heavy atom. The van der Waals surface area contributed by atoms with E-state index in [9.17, 15) is 0 Å². The summed E-state index contributed by atoms with van der Waals surface area (Å²) in [6, 6.07) is 4.69. The number of halogens is 1. The van der Waals surface area contributed by atoms with Gasteiger partial charge in [0.2, 0.25) is 0 Å². The van der Waals surface area contributed by atoms with Gasteiger partial charge in [0.05, 0.1) is 0 Å². The molecule has 88 valence electrons. The molecule has 1 saturated heterocycles. The number of hydrogen-bond donors (Lipinski definition) is 0. The van der Waals surface area contributed by atoms with E-state index in [2.05, 4.69) is 28.9 Å². The standard InChI is InChI=1S/C13H19ClN2/c1-11-6-7-13(15-10-11)16-8-4-2-3-5-12(16)9-14/h6-7,10,12H,2-5,8-9H2,1H3. The number of anilines is 1. The van der Waals surface area contributed by atoms with Crippen molar-refractivity contribution in [1.82, 2.24) is 4.98 Å². The van der Waals surface area contributed by atoms with Crippen molar-refractivity contribution >= 4 is 17.4 Å². The van der Waals surface area contributed by atoms with Crippen molar-refractivity contribution in [2.24, 2.45) is 0 Å². The van der Waals surface area contributed by atoms with Crippen LogP contribution in [0.25, 0.3) is 0 Å². The normalized spacial score (nSPS) is 21.9. The van der Waals surface area contributed by atoms with Crippen molar-refractivity contribution in [2.75, 3.05) is 17.3 Å². The summed E-state index contributed by atoms with van der Waals surface area (Å²) in [5.74, 6) is 1.79. The maximum Gasteiger partial charge on any atom is 0.128 e. The molecule has 0 saturated carbocycles. The van der Waals surface area contributed by atoms with E-state index in [4.69, 9.17) is 11.6 Å². The highest BCUT2D eigenvalue weighted by molar-refractivity contribution is 6.18. The Kier molecular flexibility index (Phi) is 4.05. The van der Waals surface area contributed by atoms with Gasteiger partial charge in [-0.1, -0.05) is 18.9 Å². The van der Waals surface area contributed by atoms with Crippen molar-refractivity contribution in [3.8, 4) is 0 Å². The lowest BCUT2D eigenvalue weighted by Crippen LogP contribution is -2.36. The fourth-order valence-corrected chi connectivity index (χ4v) is 2.59. The molecule has 0 N–H and O–H groups in total. The first-order chi connectivity index (χ1) is 7.81. The molecule has 3 heteroatoms. The summed E-state index contributed by atoms with van der Waals surface area (Å²) in [5.41, 5.74) is 1.21. The minimum absolute atomic E-state index is 0.458. The van der Waals surface area contributed by atoms with Crippen molar-refractivity contribution in [2.45, 2.75) is 38.6 Å². The highest BCUT2D eigenvalue weighted by Gasteiger charge is 2.20. The van der Waals surface area contributed by atoms with E-state index >= 15 is 0 Å². The lowest BCUT2D eigenvalue weighted by Gasteiger charge is -2.29. The number of rotatable bonds is 2. The summed E-state index contributed by atoms with van der Waals surface area (Å²) in [6.07, 6.45) is 6.99. The molecule has 1 unspecified atom stereocenters. The Morgan fingerprint density at radius 1 is 1.38 bits per heavy atom. The summed E-state index contributed by atoms with van der Waals surface area (Å²) in [4.78, 5) is 6.88. The molecule has 2 rings (SSSR count). The second-order valence-corrected chi connectivity index (χ2v) is 4.85. The third kappa shape index (κ3) is 2.67. The lowest BCUT2D eigenvalue weighted by atomic mass is 10.1. The molecule has 0 amide bonds. The quantitative estimate of drug-likeness (QED) is 0.735. The Bertz CT molecular complexity index is 323. The summed E-state index contributed by atoms with van der Waals surface area (Å²) < 4.78 is 0.